The van der Waals surface area contributed by atoms with E-state index in [1.54, 1.807) is 0 Å². The molecule has 0 saturated heterocycles. The Labute approximate surface area is 442 Å². The molecule has 0 unspecified atom stereocenters. The van der Waals surface area contributed by atoms with Gasteiger partial charge in [-0.2, -0.15) is 0 Å². The lowest BCUT2D eigenvalue weighted by Crippen LogP contribution is -2.74. The van der Waals surface area contributed by atoms with Crippen LogP contribution in [0.4, 0.5) is 0 Å². The van der Waals surface area contributed by atoms with Crippen LogP contribution in [0.25, 0.3) is 105 Å². The first kappa shape index (κ1) is 43.8. The van der Waals surface area contributed by atoms with Gasteiger partial charge < -0.3 is 13.7 Å². The summed E-state index contributed by atoms with van der Waals surface area (Å²) in [4.78, 5) is 0. The minimum Gasteiger partial charge on any atom is -0.309 e. The molecule has 0 amide bonds. The topological polar surface area (TPSA) is 14.8 Å². The molecule has 76 heavy (non-hydrogen) atoms. The third kappa shape index (κ3) is 6.81. The highest BCUT2D eigenvalue weighted by molar-refractivity contribution is 7.19. The molecule has 3 nitrogen and oxygen atoms in total. The zero-order valence-electron chi connectivity index (χ0n) is 41.6. The standard InChI is InChI=1S/C72H49N3Si/c1-4-22-57(23-5-1)76(58-24-6-2-7-25-58,59-26-8-3-9-27-59)60-28-20-21-52(47-60)50-39-41-51(42-40-50)53-45-55(74-69-36-17-12-31-63(69)64-32-13-18-37-70(64)74)48-56(46-53)75-71-38-19-14-33-65(71)66-49-54(43-44-72(66)75)73-67-34-15-10-29-61(67)62-30-11-16-35-68(62)73/h1-49H. The maximum atomic E-state index is 2.48. The fourth-order valence-corrected chi connectivity index (χ4v) is 17.4. The average molecular weight is 984 g/mol. The van der Waals surface area contributed by atoms with Gasteiger partial charge in [-0.05, 0) is 110 Å². The van der Waals surface area contributed by atoms with Gasteiger partial charge in [0.2, 0.25) is 0 Å². The number of nitrogens with zero attached hydrogens (tertiary/aromatic N) is 3. The van der Waals surface area contributed by atoms with Gasteiger partial charge in [0, 0.05) is 49.4 Å². The van der Waals surface area contributed by atoms with Gasteiger partial charge in [0.15, 0.2) is 8.07 Å². The van der Waals surface area contributed by atoms with Crippen LogP contribution in [0.1, 0.15) is 0 Å². The third-order valence-electron chi connectivity index (χ3n) is 16.0. The molecule has 0 aliphatic rings. The van der Waals surface area contributed by atoms with Crippen molar-refractivity contribution in [2.24, 2.45) is 0 Å². The van der Waals surface area contributed by atoms with Crippen molar-refractivity contribution >= 4 is 94.2 Å². The van der Waals surface area contributed by atoms with Crippen molar-refractivity contribution < 1.29 is 0 Å². The second kappa shape index (κ2) is 17.7. The van der Waals surface area contributed by atoms with E-state index in [9.17, 15) is 0 Å². The summed E-state index contributed by atoms with van der Waals surface area (Å²) in [7, 11) is -2.72. The van der Waals surface area contributed by atoms with E-state index in [0.29, 0.717) is 0 Å². The summed E-state index contributed by atoms with van der Waals surface area (Å²) in [6.07, 6.45) is 0. The summed E-state index contributed by atoms with van der Waals surface area (Å²) in [5.74, 6) is 0. The molecule has 0 atom stereocenters. The molecule has 0 aliphatic heterocycles. The van der Waals surface area contributed by atoms with Crippen LogP contribution >= 0.6 is 0 Å². The lowest BCUT2D eigenvalue weighted by Gasteiger charge is -2.34. The Morgan fingerprint density at radius 1 is 0.184 bits per heavy atom. The Morgan fingerprint density at radius 2 is 0.526 bits per heavy atom. The second-order valence-electron chi connectivity index (χ2n) is 20.0. The molecule has 0 aliphatic carbocycles. The van der Waals surface area contributed by atoms with Gasteiger partial charge in [0.1, 0.15) is 0 Å². The van der Waals surface area contributed by atoms with Gasteiger partial charge in [-0.1, -0.05) is 231 Å². The number of hydrogen-bond acceptors (Lipinski definition) is 0. The van der Waals surface area contributed by atoms with Crippen molar-refractivity contribution in [2.45, 2.75) is 0 Å². The molecule has 4 heteroatoms. The Balaban J connectivity index is 0.910. The lowest BCUT2D eigenvalue weighted by molar-refractivity contribution is 1.13. The predicted molar refractivity (Wildman–Crippen MR) is 324 cm³/mol. The summed E-state index contributed by atoms with van der Waals surface area (Å²) < 4.78 is 7.35. The molecule has 15 rings (SSSR count). The average Bonchev–Trinajstić information content (AvgIpc) is 4.23. The summed E-state index contributed by atoms with van der Waals surface area (Å²) >= 11 is 0. The van der Waals surface area contributed by atoms with Crippen molar-refractivity contribution in [1.82, 2.24) is 13.7 Å². The number of rotatable bonds is 9. The zero-order valence-corrected chi connectivity index (χ0v) is 42.6. The quantitative estimate of drug-likeness (QED) is 0.101. The largest absolute Gasteiger partial charge is 0.309 e. The Kier molecular flexibility index (Phi) is 10.2. The van der Waals surface area contributed by atoms with Gasteiger partial charge in [0.05, 0.1) is 33.1 Å². The van der Waals surface area contributed by atoms with Crippen LogP contribution in [0.2, 0.25) is 0 Å². The molecule has 12 aromatic carbocycles. The van der Waals surface area contributed by atoms with Crippen LogP contribution in [-0.4, -0.2) is 21.8 Å². The van der Waals surface area contributed by atoms with Crippen molar-refractivity contribution in [3.05, 3.63) is 297 Å². The number of benzene rings is 12. The van der Waals surface area contributed by atoms with Gasteiger partial charge in [-0.3, -0.25) is 0 Å². The van der Waals surface area contributed by atoms with Crippen LogP contribution in [0.15, 0.2) is 297 Å². The number of aromatic nitrogens is 3. The van der Waals surface area contributed by atoms with Crippen LogP contribution < -0.4 is 20.7 Å². The molecule has 15 aromatic rings. The van der Waals surface area contributed by atoms with Crippen LogP contribution in [0.3, 0.4) is 0 Å². The molecular formula is C72H49N3Si. The molecular weight excluding hydrogens is 935 g/mol. The highest BCUT2D eigenvalue weighted by Gasteiger charge is 2.41. The monoisotopic (exact) mass is 983 g/mol. The Hall–Kier alpha value is -9.74. The van der Waals surface area contributed by atoms with Crippen molar-refractivity contribution in [1.29, 1.82) is 0 Å². The van der Waals surface area contributed by atoms with Gasteiger partial charge in [-0.25, -0.2) is 0 Å². The normalized spacial score (nSPS) is 11.9. The fourth-order valence-electron chi connectivity index (χ4n) is 12.7. The van der Waals surface area contributed by atoms with E-state index in [2.05, 4.69) is 311 Å². The van der Waals surface area contributed by atoms with E-state index >= 15 is 0 Å². The number of fused-ring (bicyclic) bond motifs is 9. The molecule has 3 heterocycles. The van der Waals surface area contributed by atoms with E-state index in [1.165, 1.54) is 91.8 Å². The molecule has 0 radical (unpaired) electrons. The molecule has 0 spiro atoms. The van der Waals surface area contributed by atoms with E-state index < -0.39 is 8.07 Å². The highest BCUT2D eigenvalue weighted by atomic mass is 28.3. The summed E-state index contributed by atoms with van der Waals surface area (Å²) in [6.45, 7) is 0. The highest BCUT2D eigenvalue weighted by Crippen LogP contribution is 2.40. The van der Waals surface area contributed by atoms with Crippen LogP contribution in [0, 0.1) is 0 Å². The summed E-state index contributed by atoms with van der Waals surface area (Å²) in [6, 6.07) is 110. The fraction of sp³-hybridized carbons (Fsp3) is 0. The van der Waals surface area contributed by atoms with Crippen LogP contribution in [-0.2, 0) is 0 Å². The molecule has 0 bridgehead atoms. The third-order valence-corrected chi connectivity index (χ3v) is 20.7. The van der Waals surface area contributed by atoms with Crippen LogP contribution in [0.5, 0.6) is 0 Å². The van der Waals surface area contributed by atoms with Crippen molar-refractivity contribution in [3.63, 3.8) is 0 Å². The SMILES string of the molecule is c1ccc([Si](c2ccccc2)(c2ccccc2)c2cccc(-c3ccc(-c4cc(-n5c6ccccc6c6ccccc65)cc(-n5c6ccccc6c6cc(-n7c8ccccc8c8ccccc87)ccc65)c4)cc3)c2)cc1. The number of hydrogen-bond donors (Lipinski definition) is 0. The molecule has 356 valence electrons. The zero-order chi connectivity index (χ0) is 50.2. The smallest absolute Gasteiger partial charge is 0.179 e. The maximum Gasteiger partial charge on any atom is 0.179 e. The first-order valence-electron chi connectivity index (χ1n) is 26.2. The Bertz CT molecular complexity index is 4480. The van der Waals surface area contributed by atoms with Gasteiger partial charge >= 0.3 is 0 Å². The summed E-state index contributed by atoms with van der Waals surface area (Å²) in [5, 5.41) is 12.9. The maximum absolute atomic E-state index is 2.72. The van der Waals surface area contributed by atoms with Crippen molar-refractivity contribution in [2.75, 3.05) is 0 Å². The van der Waals surface area contributed by atoms with Crippen molar-refractivity contribution in [3.8, 4) is 39.3 Å². The predicted octanol–water partition coefficient (Wildman–Crippen LogP) is 15.7. The molecule has 0 saturated carbocycles. The first-order chi connectivity index (χ1) is 37.7. The lowest BCUT2D eigenvalue weighted by atomic mass is 9.99. The molecule has 0 N–H and O–H groups in total. The van der Waals surface area contributed by atoms with Gasteiger partial charge in [-0.15, -0.1) is 0 Å². The molecule has 0 fully saturated rings. The number of para-hydroxylation sites is 5. The van der Waals surface area contributed by atoms with E-state index in [-0.39, 0.29) is 0 Å². The Morgan fingerprint density at radius 3 is 0.961 bits per heavy atom. The van der Waals surface area contributed by atoms with Gasteiger partial charge in [0.25, 0.3) is 0 Å². The minimum atomic E-state index is -2.72. The van der Waals surface area contributed by atoms with E-state index in [1.807, 2.05) is 0 Å². The van der Waals surface area contributed by atoms with E-state index in [4.69, 9.17) is 0 Å². The van der Waals surface area contributed by atoms with E-state index in [0.717, 1.165) is 33.7 Å². The second-order valence-corrected chi connectivity index (χ2v) is 23.8. The minimum absolute atomic E-state index is 1.10. The molecule has 3 aromatic heterocycles. The first-order valence-corrected chi connectivity index (χ1v) is 28.2. The summed E-state index contributed by atoms with van der Waals surface area (Å²) in [5.41, 5.74) is 15.1.